The summed E-state index contributed by atoms with van der Waals surface area (Å²) in [6.07, 6.45) is 5.27. The molecule has 8 heteroatoms. The molecule has 1 aliphatic heterocycles. The maximum atomic E-state index is 12.6. The molecule has 2 aromatic rings. The summed E-state index contributed by atoms with van der Waals surface area (Å²) in [5.41, 5.74) is 2.30. The van der Waals surface area contributed by atoms with E-state index in [9.17, 15) is 9.59 Å². The van der Waals surface area contributed by atoms with Gasteiger partial charge < -0.3 is 10.1 Å². The van der Waals surface area contributed by atoms with Crippen LogP contribution in [0.3, 0.4) is 0 Å². The number of rotatable bonds is 5. The fourth-order valence-corrected chi connectivity index (χ4v) is 4.01. The van der Waals surface area contributed by atoms with Gasteiger partial charge in [0.2, 0.25) is 0 Å². The highest BCUT2D eigenvalue weighted by molar-refractivity contribution is 6.01. The summed E-state index contributed by atoms with van der Waals surface area (Å²) in [6, 6.07) is 0. The van der Waals surface area contributed by atoms with Crippen molar-refractivity contribution in [2.45, 2.75) is 33.1 Å². The molecular weight excluding hydrogens is 358 g/mol. The molecule has 1 aliphatic carbocycles. The summed E-state index contributed by atoms with van der Waals surface area (Å²) < 4.78 is 7.01. The van der Waals surface area contributed by atoms with Gasteiger partial charge in [-0.15, -0.1) is 0 Å². The van der Waals surface area contributed by atoms with Crippen molar-refractivity contribution in [2.24, 2.45) is 5.41 Å². The molecule has 3 heterocycles. The quantitative estimate of drug-likeness (QED) is 0.782. The third-order valence-corrected chi connectivity index (χ3v) is 5.50. The van der Waals surface area contributed by atoms with Crippen LogP contribution in [0, 0.1) is 5.41 Å². The lowest BCUT2D eigenvalue weighted by atomic mass is 9.76. The number of aromatic nitrogens is 3. The zero-order chi connectivity index (χ0) is 19.7. The van der Waals surface area contributed by atoms with E-state index >= 15 is 0 Å². The zero-order valence-electron chi connectivity index (χ0n) is 16.5. The van der Waals surface area contributed by atoms with E-state index in [1.54, 1.807) is 16.9 Å². The van der Waals surface area contributed by atoms with Gasteiger partial charge in [0.1, 0.15) is 5.56 Å². The molecule has 4 rings (SSSR count). The Morgan fingerprint density at radius 1 is 1.25 bits per heavy atom. The van der Waals surface area contributed by atoms with Crippen LogP contribution >= 0.6 is 0 Å². The molecule has 0 unspecified atom stereocenters. The lowest BCUT2D eigenvalue weighted by Crippen LogP contribution is -2.38. The number of nitrogens with one attached hydrogen (secondary N) is 1. The third kappa shape index (κ3) is 3.79. The first-order valence-corrected chi connectivity index (χ1v) is 9.92. The van der Waals surface area contributed by atoms with Gasteiger partial charge >= 0.3 is 0 Å². The Morgan fingerprint density at radius 3 is 2.82 bits per heavy atom. The summed E-state index contributed by atoms with van der Waals surface area (Å²) in [7, 11) is 0. The number of ether oxygens (including phenoxy) is 1. The van der Waals surface area contributed by atoms with Crippen molar-refractivity contribution in [2.75, 3.05) is 39.4 Å². The van der Waals surface area contributed by atoms with E-state index in [-0.39, 0.29) is 17.1 Å². The van der Waals surface area contributed by atoms with Gasteiger partial charge in [-0.25, -0.2) is 9.50 Å². The van der Waals surface area contributed by atoms with Crippen molar-refractivity contribution >= 4 is 17.3 Å². The molecule has 0 saturated carbocycles. The molecule has 2 aromatic heterocycles. The van der Waals surface area contributed by atoms with E-state index in [1.807, 2.05) is 0 Å². The Morgan fingerprint density at radius 2 is 2.04 bits per heavy atom. The standard InChI is InChI=1S/C20H27N5O3/c1-20(2)10-16-14(17(26)11-20)12-22-18-15(13-23-25(16)18)19(27)21-4-3-5-24-6-8-28-9-7-24/h12-13H,3-11H2,1-2H3,(H,21,27). The van der Waals surface area contributed by atoms with Crippen molar-refractivity contribution in [1.82, 2.24) is 24.8 Å². The summed E-state index contributed by atoms with van der Waals surface area (Å²) in [5.74, 6) is -0.0870. The molecule has 0 radical (unpaired) electrons. The van der Waals surface area contributed by atoms with E-state index in [4.69, 9.17) is 4.74 Å². The summed E-state index contributed by atoms with van der Waals surface area (Å²) in [6.45, 7) is 9.16. The number of carbonyl (C=O) groups is 2. The van der Waals surface area contributed by atoms with Crippen molar-refractivity contribution in [1.29, 1.82) is 0 Å². The van der Waals surface area contributed by atoms with Gasteiger partial charge in [-0.05, 0) is 24.8 Å². The van der Waals surface area contributed by atoms with Crippen molar-refractivity contribution in [3.05, 3.63) is 29.2 Å². The molecule has 1 fully saturated rings. The van der Waals surface area contributed by atoms with Gasteiger partial charge in [-0.2, -0.15) is 5.10 Å². The minimum atomic E-state index is -0.175. The maximum Gasteiger partial charge on any atom is 0.256 e. The molecule has 0 aromatic carbocycles. The molecule has 0 atom stereocenters. The van der Waals surface area contributed by atoms with Crippen LogP contribution in [0.4, 0.5) is 0 Å². The highest BCUT2D eigenvalue weighted by Crippen LogP contribution is 2.34. The van der Waals surface area contributed by atoms with Crippen molar-refractivity contribution in [3.8, 4) is 0 Å². The number of carbonyl (C=O) groups excluding carboxylic acids is 2. The van der Waals surface area contributed by atoms with Crippen LogP contribution in [0.15, 0.2) is 12.4 Å². The first-order valence-electron chi connectivity index (χ1n) is 9.92. The number of morpholine rings is 1. The number of amides is 1. The normalized spacial score (nSPS) is 19.6. The first kappa shape index (κ1) is 19.0. The monoisotopic (exact) mass is 385 g/mol. The SMILES string of the molecule is CC1(C)CC(=O)c2cnc3c(C(=O)NCCCN4CCOCC4)cnn3c2C1. The second-order valence-electron chi connectivity index (χ2n) is 8.42. The molecule has 1 N–H and O–H groups in total. The van der Waals surface area contributed by atoms with E-state index in [1.165, 1.54) is 0 Å². The number of hydrogen-bond acceptors (Lipinski definition) is 6. The Balaban J connectivity index is 1.44. The van der Waals surface area contributed by atoms with Gasteiger partial charge in [-0.3, -0.25) is 14.5 Å². The summed E-state index contributed by atoms with van der Waals surface area (Å²) in [5, 5.41) is 7.34. The molecule has 0 bridgehead atoms. The molecule has 8 nitrogen and oxygen atoms in total. The van der Waals surface area contributed by atoms with Crippen LogP contribution in [-0.2, 0) is 11.2 Å². The minimum Gasteiger partial charge on any atom is -0.379 e. The van der Waals surface area contributed by atoms with Crippen molar-refractivity contribution < 1.29 is 14.3 Å². The molecule has 2 aliphatic rings. The van der Waals surface area contributed by atoms with Crippen molar-refractivity contribution in [3.63, 3.8) is 0 Å². The molecule has 150 valence electrons. The van der Waals surface area contributed by atoms with E-state index < -0.39 is 0 Å². The molecule has 1 saturated heterocycles. The predicted octanol–water partition coefficient (Wildman–Crippen LogP) is 1.34. The van der Waals surface area contributed by atoms with Crippen LogP contribution in [-0.4, -0.2) is 70.6 Å². The number of Topliss-reactive ketones (excluding diaryl/α,β-unsaturated/α-hetero) is 1. The third-order valence-electron chi connectivity index (χ3n) is 5.50. The molecule has 0 spiro atoms. The van der Waals surface area contributed by atoms with Crippen LogP contribution in [0.25, 0.3) is 5.65 Å². The second kappa shape index (κ2) is 7.60. The zero-order valence-corrected chi connectivity index (χ0v) is 16.5. The Bertz CT molecular complexity index is 899. The fourth-order valence-electron chi connectivity index (χ4n) is 4.01. The predicted molar refractivity (Wildman–Crippen MR) is 104 cm³/mol. The molecular formula is C20H27N5O3. The van der Waals surface area contributed by atoms with Crippen LogP contribution in [0.2, 0.25) is 0 Å². The summed E-state index contributed by atoms with van der Waals surface area (Å²) >= 11 is 0. The van der Waals surface area contributed by atoms with Gasteiger partial charge in [-0.1, -0.05) is 13.8 Å². The maximum absolute atomic E-state index is 12.6. The van der Waals surface area contributed by atoms with Gasteiger partial charge in [0.15, 0.2) is 11.4 Å². The number of ketones is 1. The van der Waals surface area contributed by atoms with Gasteiger partial charge in [0.25, 0.3) is 5.91 Å². The Hall–Kier alpha value is -2.32. The summed E-state index contributed by atoms with van der Waals surface area (Å²) in [4.78, 5) is 31.8. The lowest BCUT2D eigenvalue weighted by molar-refractivity contribution is 0.0374. The fraction of sp³-hybridized carbons (Fsp3) is 0.600. The Kier molecular flexibility index (Phi) is 5.16. The van der Waals surface area contributed by atoms with Crippen LogP contribution < -0.4 is 5.32 Å². The molecule has 1 amide bonds. The van der Waals surface area contributed by atoms with Crippen LogP contribution in [0.5, 0.6) is 0 Å². The van der Waals surface area contributed by atoms with Gasteiger partial charge in [0, 0.05) is 32.3 Å². The second-order valence-corrected chi connectivity index (χ2v) is 8.42. The average molecular weight is 385 g/mol. The van der Waals surface area contributed by atoms with E-state index in [0.29, 0.717) is 29.7 Å². The minimum absolute atomic E-state index is 0.0882. The van der Waals surface area contributed by atoms with E-state index in [0.717, 1.165) is 51.4 Å². The topological polar surface area (TPSA) is 88.8 Å². The largest absolute Gasteiger partial charge is 0.379 e. The molecule has 28 heavy (non-hydrogen) atoms. The lowest BCUT2D eigenvalue weighted by Gasteiger charge is -2.29. The number of hydrogen-bond donors (Lipinski definition) is 1. The highest BCUT2D eigenvalue weighted by atomic mass is 16.5. The van der Waals surface area contributed by atoms with E-state index in [2.05, 4.69) is 34.1 Å². The van der Waals surface area contributed by atoms with Gasteiger partial charge in [0.05, 0.1) is 30.7 Å². The smallest absolute Gasteiger partial charge is 0.256 e. The highest BCUT2D eigenvalue weighted by Gasteiger charge is 2.33. The average Bonchev–Trinajstić information content (AvgIpc) is 3.10. The Labute approximate surface area is 164 Å². The number of fused-ring (bicyclic) bond motifs is 3. The number of nitrogens with zero attached hydrogens (tertiary/aromatic N) is 4. The first-order chi connectivity index (χ1) is 13.4. The van der Waals surface area contributed by atoms with Crippen LogP contribution in [0.1, 0.15) is 53.1 Å².